The van der Waals surface area contributed by atoms with Gasteiger partial charge in [0.05, 0.1) is 108 Å². The molecule has 12 heterocycles. The number of hydrogen-bond donors (Lipinski definition) is 0. The Balaban J connectivity index is 0.000000123. The van der Waals surface area contributed by atoms with Crippen molar-refractivity contribution in [3.05, 3.63) is 528 Å². The predicted molar refractivity (Wildman–Crippen MR) is 580 cm³/mol. The number of pyridine rings is 9. The Hall–Kier alpha value is -19.8. The van der Waals surface area contributed by atoms with Crippen molar-refractivity contribution in [2.45, 2.75) is 0 Å². The molecule has 0 aliphatic heterocycles. The Bertz CT molecular complexity index is 7990. The molecule has 678 valence electrons. The number of hydrogen-bond acceptors (Lipinski definition) is 15. The van der Waals surface area contributed by atoms with Crippen LogP contribution in [-0.2, 0) is 0 Å². The van der Waals surface area contributed by atoms with Crippen molar-refractivity contribution in [1.82, 2.24) is 74.8 Å². The number of benzene rings is 12. The first-order valence-corrected chi connectivity index (χ1v) is 47.5. The third kappa shape index (κ3) is 21.0. The van der Waals surface area contributed by atoms with Crippen molar-refractivity contribution in [2.75, 3.05) is 0 Å². The molecule has 0 saturated heterocycles. The molecular weight excluding hydrogens is 1760 g/mol. The Labute approximate surface area is 834 Å². The van der Waals surface area contributed by atoms with Crippen LogP contribution in [0.4, 0.5) is 0 Å². The van der Waals surface area contributed by atoms with Crippen molar-refractivity contribution in [1.29, 1.82) is 0 Å². The fourth-order valence-corrected chi connectivity index (χ4v) is 17.1. The first-order valence-electron chi connectivity index (χ1n) is 47.5. The molecule has 24 rings (SSSR count). The molecule has 0 unspecified atom stereocenters. The first kappa shape index (κ1) is 89.4. The van der Waals surface area contributed by atoms with Gasteiger partial charge in [-0.05, 0) is 171 Å². The highest BCUT2D eigenvalue weighted by Crippen LogP contribution is 2.39. The van der Waals surface area contributed by atoms with Crippen LogP contribution in [-0.4, -0.2) is 74.8 Å². The minimum Gasteiger partial charge on any atom is -0.255 e. The lowest BCUT2D eigenvalue weighted by Crippen LogP contribution is -1.97. The van der Waals surface area contributed by atoms with Gasteiger partial charge in [0.2, 0.25) is 0 Å². The van der Waals surface area contributed by atoms with Crippen LogP contribution in [0.15, 0.2) is 528 Å². The Morgan fingerprint density at radius 1 is 0.0903 bits per heavy atom. The van der Waals surface area contributed by atoms with Crippen molar-refractivity contribution in [3.8, 4) is 237 Å². The summed E-state index contributed by atoms with van der Waals surface area (Å²) in [5, 5.41) is 0. The average molecular weight is 1850 g/mol. The third-order valence-electron chi connectivity index (χ3n) is 24.6. The minimum atomic E-state index is 0.670. The van der Waals surface area contributed by atoms with E-state index in [4.69, 9.17) is 74.8 Å². The standard InChI is InChI=1S/3C43H29N5/c1-5-14-30(15-6-1)35-26-41(46-42(27-35)38-23-13-22-36(45-38)31-16-7-2-8-17-31)37-25-24-34(29-44-37)40-28-39(32-18-9-3-10-19-32)47-43(48-40)33-20-11-4-12-21-33;1-5-13-30(14-6-1)34-21-23-37(44-28-34)41-25-36(31-15-7-2-8-16-31)26-42(46-41)38-24-22-35(29-45-38)40-27-39(32-17-9-3-10-18-32)47-43(48-40)33-19-11-4-12-20-33;1-5-13-30(14-6-1)34-23-24-44-40(25-34)42-27-36(31-15-7-2-8-16-31)26-41(46-42)37-22-21-35(29-45-37)39-28-38(32-17-9-3-10-18-32)47-43(48-39)33-19-11-4-12-20-33/h3*1-29H. The minimum absolute atomic E-state index is 0.670. The summed E-state index contributed by atoms with van der Waals surface area (Å²) in [5.41, 5.74) is 35.8. The summed E-state index contributed by atoms with van der Waals surface area (Å²) in [5.74, 6) is 2.01. The lowest BCUT2D eigenvalue weighted by Gasteiger charge is -2.11. The zero-order valence-corrected chi connectivity index (χ0v) is 77.9. The molecule has 0 atom stereocenters. The van der Waals surface area contributed by atoms with Crippen molar-refractivity contribution >= 4 is 0 Å². The molecule has 0 aliphatic carbocycles. The van der Waals surface area contributed by atoms with Gasteiger partial charge in [-0.1, -0.05) is 376 Å². The van der Waals surface area contributed by atoms with Crippen LogP contribution in [0.3, 0.4) is 0 Å². The summed E-state index contributed by atoms with van der Waals surface area (Å²) < 4.78 is 0. The van der Waals surface area contributed by atoms with E-state index in [9.17, 15) is 0 Å². The van der Waals surface area contributed by atoms with Crippen LogP contribution in [0.5, 0.6) is 0 Å². The zero-order chi connectivity index (χ0) is 96.4. The van der Waals surface area contributed by atoms with Crippen LogP contribution < -0.4 is 0 Å². The van der Waals surface area contributed by atoms with Gasteiger partial charge in [-0.2, -0.15) is 0 Å². The topological polar surface area (TPSA) is 193 Å². The van der Waals surface area contributed by atoms with Gasteiger partial charge in [-0.25, -0.2) is 49.8 Å². The lowest BCUT2D eigenvalue weighted by molar-refractivity contribution is 1.17. The summed E-state index contributed by atoms with van der Waals surface area (Å²) in [4.78, 5) is 74.2. The van der Waals surface area contributed by atoms with E-state index >= 15 is 0 Å². The molecule has 0 N–H and O–H groups in total. The first-order chi connectivity index (χ1) is 71.3. The van der Waals surface area contributed by atoms with Crippen LogP contribution in [0.1, 0.15) is 0 Å². The van der Waals surface area contributed by atoms with Gasteiger partial charge in [-0.3, -0.25) is 24.9 Å². The quantitative estimate of drug-likeness (QED) is 0.0659. The molecule has 0 spiro atoms. The summed E-state index contributed by atoms with van der Waals surface area (Å²) in [6, 6.07) is 168. The van der Waals surface area contributed by atoms with E-state index in [1.807, 2.05) is 353 Å². The maximum Gasteiger partial charge on any atom is 0.160 e. The zero-order valence-electron chi connectivity index (χ0n) is 77.9. The predicted octanol–water partition coefficient (Wildman–Crippen LogP) is 31.0. The van der Waals surface area contributed by atoms with Gasteiger partial charge >= 0.3 is 0 Å². The van der Waals surface area contributed by atoms with E-state index in [0.717, 1.165) is 219 Å². The van der Waals surface area contributed by atoms with Crippen LogP contribution in [0, 0.1) is 0 Å². The smallest absolute Gasteiger partial charge is 0.160 e. The highest BCUT2D eigenvalue weighted by molar-refractivity contribution is 5.84. The van der Waals surface area contributed by atoms with Gasteiger partial charge in [0.15, 0.2) is 17.5 Å². The number of rotatable bonds is 21. The fourth-order valence-electron chi connectivity index (χ4n) is 17.1. The van der Waals surface area contributed by atoms with Crippen LogP contribution >= 0.6 is 0 Å². The van der Waals surface area contributed by atoms with Gasteiger partial charge < -0.3 is 0 Å². The van der Waals surface area contributed by atoms with Gasteiger partial charge in [0.1, 0.15) is 0 Å². The second-order valence-corrected chi connectivity index (χ2v) is 34.2. The second kappa shape index (κ2) is 42.5. The molecule has 0 fully saturated rings. The summed E-state index contributed by atoms with van der Waals surface area (Å²) in [7, 11) is 0. The van der Waals surface area contributed by atoms with E-state index in [1.54, 1.807) is 0 Å². The molecule has 0 radical (unpaired) electrons. The number of aromatic nitrogens is 15. The Morgan fingerprint density at radius 3 is 0.576 bits per heavy atom. The molecule has 0 aliphatic rings. The van der Waals surface area contributed by atoms with Crippen molar-refractivity contribution in [3.63, 3.8) is 0 Å². The molecule has 12 aromatic carbocycles. The normalized spacial score (nSPS) is 10.9. The van der Waals surface area contributed by atoms with Gasteiger partial charge in [-0.15, -0.1) is 0 Å². The molecule has 144 heavy (non-hydrogen) atoms. The molecule has 24 aromatic rings. The van der Waals surface area contributed by atoms with Crippen LogP contribution in [0.25, 0.3) is 237 Å². The van der Waals surface area contributed by atoms with E-state index in [1.165, 1.54) is 0 Å². The summed E-state index contributed by atoms with van der Waals surface area (Å²) in [6.45, 7) is 0. The molecule has 15 heteroatoms. The average Bonchev–Trinajstić information content (AvgIpc) is 0.794. The molecular formula is C129H87N15. The van der Waals surface area contributed by atoms with Crippen molar-refractivity contribution < 1.29 is 0 Å². The highest BCUT2D eigenvalue weighted by atomic mass is 14.9. The molecule has 0 bridgehead atoms. The lowest BCUT2D eigenvalue weighted by atomic mass is 10.0. The molecule has 15 nitrogen and oxygen atoms in total. The van der Waals surface area contributed by atoms with Crippen LogP contribution in [0.2, 0.25) is 0 Å². The SMILES string of the molecule is c1ccc(-c2cc(-c3ccc(-c4cc(-c5ccccc5)nc(-c5ccccc5)n4)cn3)nc(-c3cccc(-c4ccccc4)n3)c2)cc1.c1ccc(-c2ccc(-c3cc(-c4ccccc4)cc(-c4ccc(-c5cc(-c6ccccc6)nc(-c6ccccc6)n5)cn4)n3)nc2)cc1.c1ccc(-c2ccnc(-c3cc(-c4ccccc4)cc(-c4ccc(-c5cc(-c6ccccc6)nc(-c6ccccc6)n5)cn4)n3)c2)cc1. The molecule has 12 aromatic heterocycles. The van der Waals surface area contributed by atoms with E-state index in [2.05, 4.69) is 176 Å². The van der Waals surface area contributed by atoms with Crippen molar-refractivity contribution in [2.24, 2.45) is 0 Å². The third-order valence-corrected chi connectivity index (χ3v) is 24.6. The largest absolute Gasteiger partial charge is 0.255 e. The molecule has 0 saturated carbocycles. The highest BCUT2D eigenvalue weighted by Gasteiger charge is 2.21. The monoisotopic (exact) mass is 1850 g/mol. The fraction of sp³-hybridized carbons (Fsp3) is 0. The number of nitrogens with zero attached hydrogens (tertiary/aromatic N) is 15. The van der Waals surface area contributed by atoms with Gasteiger partial charge in [0.25, 0.3) is 0 Å². The maximum absolute atomic E-state index is 5.09. The van der Waals surface area contributed by atoms with E-state index in [0.29, 0.717) is 17.5 Å². The molecule has 0 amide bonds. The Kier molecular flexibility index (Phi) is 26.4. The van der Waals surface area contributed by atoms with E-state index < -0.39 is 0 Å². The summed E-state index contributed by atoms with van der Waals surface area (Å²) >= 11 is 0. The second-order valence-electron chi connectivity index (χ2n) is 34.2. The summed E-state index contributed by atoms with van der Waals surface area (Å²) in [6.07, 6.45) is 9.35. The van der Waals surface area contributed by atoms with Gasteiger partial charge in [0, 0.05) is 92.2 Å². The Morgan fingerprint density at radius 2 is 0.299 bits per heavy atom. The van der Waals surface area contributed by atoms with E-state index in [-0.39, 0.29) is 0 Å². The maximum atomic E-state index is 5.09.